The molecule has 0 bridgehead atoms. The van der Waals surface area contributed by atoms with Crippen LogP contribution in [-0.4, -0.2) is 23.1 Å². The Morgan fingerprint density at radius 3 is 1.97 bits per heavy atom. The summed E-state index contributed by atoms with van der Waals surface area (Å²) in [6.07, 6.45) is 4.37. The van der Waals surface area contributed by atoms with E-state index in [-0.39, 0.29) is 20.4 Å². The van der Waals surface area contributed by atoms with Crippen molar-refractivity contribution in [3.8, 4) is 0 Å². The van der Waals surface area contributed by atoms with Crippen molar-refractivity contribution in [1.29, 1.82) is 0 Å². The van der Waals surface area contributed by atoms with Gasteiger partial charge in [-0.3, -0.25) is 9.97 Å². The SMILES string of the molecule is Clc1cc2cccnc2c2ncccc12.[NH-]CCC[N-]Cc1c2ccccc2cc2ccccc12.[Pd+2]. The monoisotopic (exact) mass is 582 g/mol. The maximum atomic E-state index is 7.19. The third kappa shape index (κ3) is 5.57. The van der Waals surface area contributed by atoms with Crippen molar-refractivity contribution in [2.75, 3.05) is 13.1 Å². The Labute approximate surface area is 229 Å². The van der Waals surface area contributed by atoms with Gasteiger partial charge in [-0.05, 0) is 51.9 Å². The first-order valence-electron chi connectivity index (χ1n) is 11.7. The summed E-state index contributed by atoms with van der Waals surface area (Å²) in [5.41, 5.74) is 10.3. The van der Waals surface area contributed by atoms with Crippen molar-refractivity contribution in [2.24, 2.45) is 0 Å². The smallest absolute Gasteiger partial charge is 0.677 e. The minimum absolute atomic E-state index is 0. The van der Waals surface area contributed by atoms with Crippen molar-refractivity contribution in [2.45, 2.75) is 13.0 Å². The van der Waals surface area contributed by atoms with E-state index in [0.717, 1.165) is 46.3 Å². The van der Waals surface area contributed by atoms with Crippen molar-refractivity contribution >= 4 is 55.0 Å². The fourth-order valence-electron chi connectivity index (χ4n) is 4.39. The van der Waals surface area contributed by atoms with E-state index in [9.17, 15) is 0 Å². The van der Waals surface area contributed by atoms with E-state index >= 15 is 0 Å². The number of nitrogens with zero attached hydrogens (tertiary/aromatic N) is 3. The molecule has 0 aliphatic heterocycles. The van der Waals surface area contributed by atoms with Crippen LogP contribution in [0.1, 0.15) is 12.0 Å². The Morgan fingerprint density at radius 1 is 0.694 bits per heavy atom. The van der Waals surface area contributed by atoms with Crippen LogP contribution in [0.25, 0.3) is 54.4 Å². The van der Waals surface area contributed by atoms with E-state index in [1.165, 1.54) is 27.1 Å². The van der Waals surface area contributed by atoms with Crippen molar-refractivity contribution in [1.82, 2.24) is 9.97 Å². The van der Waals surface area contributed by atoms with Gasteiger partial charge in [-0.25, -0.2) is 0 Å². The van der Waals surface area contributed by atoms with Gasteiger partial charge in [0.15, 0.2) is 0 Å². The topological polar surface area (TPSA) is 63.7 Å². The second kappa shape index (κ2) is 12.4. The fraction of sp³-hybridized carbons (Fsp3) is 0.133. The maximum Gasteiger partial charge on any atom is 2.00 e. The van der Waals surface area contributed by atoms with Gasteiger partial charge < -0.3 is 11.1 Å². The molecule has 6 aromatic rings. The summed E-state index contributed by atoms with van der Waals surface area (Å²) >= 11 is 6.17. The van der Waals surface area contributed by atoms with E-state index in [1.807, 2.05) is 30.3 Å². The van der Waals surface area contributed by atoms with Crippen LogP contribution < -0.4 is 0 Å². The number of hydrogen-bond acceptors (Lipinski definition) is 2. The van der Waals surface area contributed by atoms with Gasteiger partial charge in [-0.2, -0.15) is 13.1 Å². The molecule has 0 atom stereocenters. The number of nitrogens with one attached hydrogen (secondary N) is 1. The number of hydrogen-bond donors (Lipinski definition) is 0. The number of benzene rings is 4. The quantitative estimate of drug-likeness (QED) is 0.0882. The molecule has 2 heterocycles. The predicted octanol–water partition coefficient (Wildman–Crippen LogP) is 8.74. The molecule has 4 aromatic carbocycles. The molecule has 0 aliphatic carbocycles. The first kappa shape index (κ1) is 26.2. The predicted molar refractivity (Wildman–Crippen MR) is 149 cm³/mol. The third-order valence-corrected chi connectivity index (χ3v) is 6.37. The summed E-state index contributed by atoms with van der Waals surface area (Å²) in [5.74, 6) is 0. The van der Waals surface area contributed by atoms with E-state index < -0.39 is 0 Å². The summed E-state index contributed by atoms with van der Waals surface area (Å²) in [7, 11) is 0. The maximum absolute atomic E-state index is 7.19. The number of halogens is 1. The van der Waals surface area contributed by atoms with Gasteiger partial charge >= 0.3 is 20.4 Å². The zero-order valence-electron chi connectivity index (χ0n) is 19.6. The molecular weight excluding hydrogens is 558 g/mol. The summed E-state index contributed by atoms with van der Waals surface area (Å²) in [5, 5.41) is 12.4. The molecule has 0 saturated carbocycles. The molecule has 2 aromatic heterocycles. The van der Waals surface area contributed by atoms with Crippen molar-refractivity contribution in [3.63, 3.8) is 0 Å². The van der Waals surface area contributed by atoms with Gasteiger partial charge in [0, 0.05) is 23.2 Å². The zero-order valence-corrected chi connectivity index (χ0v) is 21.9. The van der Waals surface area contributed by atoms with Gasteiger partial charge in [-0.1, -0.05) is 78.2 Å². The van der Waals surface area contributed by atoms with Gasteiger partial charge in [0.2, 0.25) is 0 Å². The molecular formula is C30H25ClN4Pd. The molecule has 0 saturated heterocycles. The van der Waals surface area contributed by atoms with E-state index in [4.69, 9.17) is 17.3 Å². The summed E-state index contributed by atoms with van der Waals surface area (Å²) in [6, 6.07) is 28.9. The minimum atomic E-state index is 0. The molecule has 0 aliphatic rings. The first-order chi connectivity index (χ1) is 17.3. The van der Waals surface area contributed by atoms with Crippen molar-refractivity contribution in [3.05, 3.63) is 119 Å². The van der Waals surface area contributed by atoms with E-state index in [2.05, 4.69) is 69.9 Å². The molecule has 4 nitrogen and oxygen atoms in total. The van der Waals surface area contributed by atoms with Gasteiger partial charge in [-0.15, -0.1) is 6.54 Å². The Morgan fingerprint density at radius 2 is 1.28 bits per heavy atom. The van der Waals surface area contributed by atoms with Crippen LogP contribution >= 0.6 is 11.6 Å². The molecule has 0 radical (unpaired) electrons. The minimum Gasteiger partial charge on any atom is -0.677 e. The van der Waals surface area contributed by atoms with Crippen LogP contribution in [0.2, 0.25) is 5.02 Å². The largest absolute Gasteiger partial charge is 2.00 e. The number of pyridine rings is 2. The summed E-state index contributed by atoms with van der Waals surface area (Å²) < 4.78 is 0. The van der Waals surface area contributed by atoms with Gasteiger partial charge in [0.1, 0.15) is 0 Å². The Hall–Kier alpha value is -2.91. The van der Waals surface area contributed by atoms with Gasteiger partial charge in [0.05, 0.1) is 16.1 Å². The van der Waals surface area contributed by atoms with E-state index in [0.29, 0.717) is 6.54 Å². The average molecular weight is 583 g/mol. The van der Waals surface area contributed by atoms with Crippen molar-refractivity contribution < 1.29 is 20.4 Å². The number of fused-ring (bicyclic) bond motifs is 5. The standard InChI is InChI=1S/C18H18N2.C12H7ClN2.Pd/c19-10-5-11-20-13-18-16-8-3-1-6-14(16)12-15-7-2-4-9-17(15)18;13-10-7-8-3-1-5-14-11(8)12-9(10)4-2-6-15-12;/h1-4,6-9,12,19H,5,10-11,13H2;1-7H;/q-2;;+2. The molecule has 182 valence electrons. The number of aromatic nitrogens is 2. The number of rotatable bonds is 5. The summed E-state index contributed by atoms with van der Waals surface area (Å²) in [4.78, 5) is 8.65. The Bertz CT molecular complexity index is 1570. The van der Waals surface area contributed by atoms with Gasteiger partial charge in [0.25, 0.3) is 0 Å². The fourth-order valence-corrected chi connectivity index (χ4v) is 4.66. The summed E-state index contributed by atoms with van der Waals surface area (Å²) in [6.45, 7) is 1.97. The zero-order chi connectivity index (χ0) is 24.0. The average Bonchev–Trinajstić information content (AvgIpc) is 2.91. The molecule has 0 unspecified atom stereocenters. The normalized spacial score (nSPS) is 10.8. The molecule has 0 amide bonds. The first-order valence-corrected chi connectivity index (χ1v) is 12.1. The second-order valence-corrected chi connectivity index (χ2v) is 8.75. The van der Waals surface area contributed by atoms with Crippen LogP contribution in [0, 0.1) is 0 Å². The molecule has 6 rings (SSSR count). The molecule has 0 fully saturated rings. The molecule has 1 N–H and O–H groups in total. The van der Waals surface area contributed by atoms with Crippen LogP contribution in [0.5, 0.6) is 0 Å². The molecule has 0 spiro atoms. The third-order valence-electron chi connectivity index (χ3n) is 6.06. The Balaban J connectivity index is 0.000000170. The van der Waals surface area contributed by atoms with E-state index in [1.54, 1.807) is 12.4 Å². The van der Waals surface area contributed by atoms with Crippen LogP contribution in [-0.2, 0) is 27.0 Å². The second-order valence-electron chi connectivity index (χ2n) is 8.34. The van der Waals surface area contributed by atoms with Crippen LogP contribution in [0.15, 0.2) is 97.3 Å². The molecule has 6 heteroatoms. The molecule has 36 heavy (non-hydrogen) atoms. The Kier molecular flexibility index (Phi) is 8.99. The van der Waals surface area contributed by atoms with Crippen LogP contribution in [0.4, 0.5) is 0 Å². The van der Waals surface area contributed by atoms with Crippen LogP contribution in [0.3, 0.4) is 0 Å².